The van der Waals surface area contributed by atoms with Gasteiger partial charge in [-0.2, -0.15) is 0 Å². The minimum Gasteiger partial charge on any atom is -0.360 e. The summed E-state index contributed by atoms with van der Waals surface area (Å²) in [6, 6.07) is 17.9. The number of piperidine rings is 1. The number of rotatable bonds is 5. The largest absolute Gasteiger partial charge is 0.360 e. The van der Waals surface area contributed by atoms with Crippen molar-refractivity contribution in [1.29, 1.82) is 0 Å². The van der Waals surface area contributed by atoms with E-state index in [0.717, 1.165) is 44.6 Å². The molecule has 2 aliphatic rings. The number of benzene rings is 2. The van der Waals surface area contributed by atoms with Crippen LogP contribution in [0.25, 0.3) is 0 Å². The zero-order valence-electron chi connectivity index (χ0n) is 19.7. The van der Waals surface area contributed by atoms with Gasteiger partial charge in [-0.05, 0) is 49.9 Å². The Kier molecular flexibility index (Phi) is 8.16. The first-order valence-corrected chi connectivity index (χ1v) is 11.4. The van der Waals surface area contributed by atoms with E-state index in [0.29, 0.717) is 12.1 Å². The summed E-state index contributed by atoms with van der Waals surface area (Å²) in [5.41, 5.74) is 2.38. The van der Waals surface area contributed by atoms with Gasteiger partial charge in [0.25, 0.3) is 11.8 Å². The molecule has 0 bridgehead atoms. The molecule has 0 aromatic heterocycles. The first kappa shape index (κ1) is 25.2. The number of anilines is 1. The smallest absolute Gasteiger partial charge is 0.255 e. The molecule has 2 aliphatic heterocycles. The molecular formula is C26H34ClN3O3. The highest BCUT2D eigenvalue weighted by molar-refractivity contribution is 6.00. The molecule has 6 nitrogen and oxygen atoms in total. The summed E-state index contributed by atoms with van der Waals surface area (Å²) in [7, 11) is 3.47. The molecule has 1 atom stereocenters. The SMILES string of the molecule is CC1OC2(CCN(CCc3ccccc3)CC2)CN(c2cccc(C(=O)N(C)C)c2)C1=O.Cl. The highest BCUT2D eigenvalue weighted by atomic mass is 35.5. The number of carbonyl (C=O) groups is 2. The third-order valence-corrected chi connectivity index (χ3v) is 6.62. The summed E-state index contributed by atoms with van der Waals surface area (Å²) in [4.78, 5) is 31.3. The molecule has 1 unspecified atom stereocenters. The maximum Gasteiger partial charge on any atom is 0.255 e. The highest BCUT2D eigenvalue weighted by Gasteiger charge is 2.45. The number of ether oxygens (including phenoxy) is 1. The van der Waals surface area contributed by atoms with E-state index in [1.807, 2.05) is 30.0 Å². The molecule has 2 aromatic carbocycles. The van der Waals surface area contributed by atoms with E-state index in [4.69, 9.17) is 4.74 Å². The summed E-state index contributed by atoms with van der Waals surface area (Å²) in [6.45, 7) is 5.32. The van der Waals surface area contributed by atoms with Gasteiger partial charge in [0.2, 0.25) is 0 Å². The molecule has 2 saturated heterocycles. The van der Waals surface area contributed by atoms with Gasteiger partial charge < -0.3 is 19.4 Å². The Morgan fingerprint density at radius 2 is 1.79 bits per heavy atom. The minimum atomic E-state index is -0.493. The Balaban J connectivity index is 0.00000306. The van der Waals surface area contributed by atoms with Crippen LogP contribution in [0.4, 0.5) is 5.69 Å². The highest BCUT2D eigenvalue weighted by Crippen LogP contribution is 2.35. The van der Waals surface area contributed by atoms with E-state index >= 15 is 0 Å². The van der Waals surface area contributed by atoms with Crippen molar-refractivity contribution >= 4 is 29.9 Å². The molecule has 0 aliphatic carbocycles. The fourth-order valence-electron chi connectivity index (χ4n) is 4.72. The normalized spacial score (nSPS) is 20.4. The number of amides is 2. The zero-order valence-corrected chi connectivity index (χ0v) is 20.5. The second-order valence-electron chi connectivity index (χ2n) is 9.19. The van der Waals surface area contributed by atoms with Gasteiger partial charge in [0, 0.05) is 45.0 Å². The quantitative estimate of drug-likeness (QED) is 0.668. The molecule has 4 rings (SSSR count). The summed E-state index contributed by atoms with van der Waals surface area (Å²) in [5.74, 6) is -0.112. The van der Waals surface area contributed by atoms with Crippen molar-refractivity contribution < 1.29 is 14.3 Å². The van der Waals surface area contributed by atoms with E-state index in [1.54, 1.807) is 25.1 Å². The number of nitrogens with zero attached hydrogens (tertiary/aromatic N) is 3. The van der Waals surface area contributed by atoms with E-state index in [2.05, 4.69) is 35.2 Å². The van der Waals surface area contributed by atoms with E-state index in [9.17, 15) is 9.59 Å². The lowest BCUT2D eigenvalue weighted by Crippen LogP contribution is -2.61. The van der Waals surface area contributed by atoms with E-state index < -0.39 is 6.10 Å². The average molecular weight is 472 g/mol. The molecule has 2 aromatic rings. The summed E-state index contributed by atoms with van der Waals surface area (Å²) in [6.07, 6.45) is 2.34. The van der Waals surface area contributed by atoms with Crippen LogP contribution in [-0.2, 0) is 16.0 Å². The lowest BCUT2D eigenvalue weighted by Gasteiger charge is -2.49. The molecule has 178 valence electrons. The molecule has 2 amide bonds. The Hall–Kier alpha value is -2.41. The molecule has 0 radical (unpaired) electrons. The van der Waals surface area contributed by atoms with Gasteiger partial charge in [-0.3, -0.25) is 9.59 Å². The van der Waals surface area contributed by atoms with Crippen LogP contribution in [0, 0.1) is 0 Å². The maximum absolute atomic E-state index is 13.0. The van der Waals surface area contributed by atoms with Gasteiger partial charge in [-0.1, -0.05) is 36.4 Å². The molecule has 2 heterocycles. The van der Waals surface area contributed by atoms with Crippen molar-refractivity contribution in [2.24, 2.45) is 0 Å². The van der Waals surface area contributed by atoms with Crippen LogP contribution >= 0.6 is 12.4 Å². The Labute approximate surface area is 202 Å². The molecule has 0 saturated carbocycles. The maximum atomic E-state index is 13.0. The first-order valence-electron chi connectivity index (χ1n) is 11.4. The molecule has 1 spiro atoms. The van der Waals surface area contributed by atoms with Crippen LogP contribution in [0.1, 0.15) is 35.7 Å². The predicted molar refractivity (Wildman–Crippen MR) is 133 cm³/mol. The lowest BCUT2D eigenvalue weighted by molar-refractivity contribution is -0.161. The number of hydrogen-bond acceptors (Lipinski definition) is 4. The second kappa shape index (κ2) is 10.7. The first-order chi connectivity index (χ1) is 15.4. The Bertz CT molecular complexity index is 958. The van der Waals surface area contributed by atoms with Gasteiger partial charge >= 0.3 is 0 Å². The van der Waals surface area contributed by atoms with Gasteiger partial charge in [0.1, 0.15) is 6.10 Å². The van der Waals surface area contributed by atoms with Crippen LogP contribution < -0.4 is 4.90 Å². The third-order valence-electron chi connectivity index (χ3n) is 6.62. The fraction of sp³-hybridized carbons (Fsp3) is 0.462. The third kappa shape index (κ3) is 5.75. The van der Waals surface area contributed by atoms with Crippen LogP contribution in [-0.4, -0.2) is 73.6 Å². The minimum absolute atomic E-state index is 0. The van der Waals surface area contributed by atoms with Crippen LogP contribution in [0.2, 0.25) is 0 Å². The standard InChI is InChI=1S/C26H33N3O3.ClH/c1-20-24(30)29(23-11-7-10-22(18-23)25(31)27(2)3)19-26(32-20)13-16-28(17-14-26)15-12-21-8-5-4-6-9-21;/h4-11,18,20H,12-17,19H2,1-3H3;1H. The summed E-state index contributed by atoms with van der Waals surface area (Å²) < 4.78 is 6.31. The predicted octanol–water partition coefficient (Wildman–Crippen LogP) is 3.64. The van der Waals surface area contributed by atoms with Crippen molar-refractivity contribution in [3.8, 4) is 0 Å². The molecule has 2 fully saturated rings. The summed E-state index contributed by atoms with van der Waals surface area (Å²) in [5, 5.41) is 0. The van der Waals surface area contributed by atoms with Gasteiger partial charge in [0.15, 0.2) is 0 Å². The van der Waals surface area contributed by atoms with Crippen molar-refractivity contribution in [3.63, 3.8) is 0 Å². The molecular weight excluding hydrogens is 438 g/mol. The monoisotopic (exact) mass is 471 g/mol. The number of morpholine rings is 1. The number of carbonyl (C=O) groups excluding carboxylic acids is 2. The average Bonchev–Trinajstić information content (AvgIpc) is 2.81. The van der Waals surface area contributed by atoms with Crippen molar-refractivity contribution in [3.05, 3.63) is 65.7 Å². The van der Waals surface area contributed by atoms with Gasteiger partial charge in [-0.25, -0.2) is 0 Å². The van der Waals surface area contributed by atoms with Crippen molar-refractivity contribution in [1.82, 2.24) is 9.80 Å². The van der Waals surface area contributed by atoms with Gasteiger partial charge in [0.05, 0.1) is 12.1 Å². The Morgan fingerprint density at radius 3 is 2.45 bits per heavy atom. The van der Waals surface area contributed by atoms with E-state index in [1.165, 1.54) is 5.56 Å². The topological polar surface area (TPSA) is 53.1 Å². The van der Waals surface area contributed by atoms with Crippen molar-refractivity contribution in [2.45, 2.75) is 37.9 Å². The van der Waals surface area contributed by atoms with Crippen LogP contribution in [0.15, 0.2) is 54.6 Å². The van der Waals surface area contributed by atoms with Crippen LogP contribution in [0.3, 0.4) is 0 Å². The molecule has 0 N–H and O–H groups in total. The van der Waals surface area contributed by atoms with Crippen molar-refractivity contribution in [2.75, 3.05) is 45.2 Å². The summed E-state index contributed by atoms with van der Waals surface area (Å²) >= 11 is 0. The number of hydrogen-bond donors (Lipinski definition) is 0. The van der Waals surface area contributed by atoms with E-state index in [-0.39, 0.29) is 29.8 Å². The lowest BCUT2D eigenvalue weighted by atomic mass is 9.88. The second-order valence-corrected chi connectivity index (χ2v) is 9.19. The fourth-order valence-corrected chi connectivity index (χ4v) is 4.72. The molecule has 33 heavy (non-hydrogen) atoms. The number of likely N-dealkylation sites (tertiary alicyclic amines) is 1. The number of halogens is 1. The van der Waals surface area contributed by atoms with Crippen LogP contribution in [0.5, 0.6) is 0 Å². The molecule has 7 heteroatoms. The zero-order chi connectivity index (χ0) is 22.7. The Morgan fingerprint density at radius 1 is 1.09 bits per heavy atom. The van der Waals surface area contributed by atoms with Gasteiger partial charge in [-0.15, -0.1) is 12.4 Å².